The van der Waals surface area contributed by atoms with Gasteiger partial charge in [0.05, 0.1) is 13.2 Å². The summed E-state index contributed by atoms with van der Waals surface area (Å²) in [7, 11) is 0. The Morgan fingerprint density at radius 3 is 2.51 bits per heavy atom. The van der Waals surface area contributed by atoms with Crippen LogP contribution in [-0.2, 0) is 39.1 Å². The second kappa shape index (κ2) is 18.4. The fourth-order valence-corrected chi connectivity index (χ4v) is 10.1. The van der Waals surface area contributed by atoms with Crippen LogP contribution < -0.4 is 20.1 Å². The Balaban J connectivity index is 1.04. The van der Waals surface area contributed by atoms with E-state index in [1.165, 1.54) is 16.7 Å². The zero-order chi connectivity index (χ0) is 41.6. The van der Waals surface area contributed by atoms with Crippen molar-refractivity contribution in [2.24, 2.45) is 11.8 Å². The Morgan fingerprint density at radius 2 is 1.76 bits per heavy atom. The highest BCUT2D eigenvalue weighted by Crippen LogP contribution is 2.57. The highest BCUT2D eigenvalue weighted by Gasteiger charge is 2.54. The number of hydrogen-bond acceptors (Lipinski definition) is 7. The molecule has 312 valence electrons. The predicted molar refractivity (Wildman–Crippen MR) is 229 cm³/mol. The molecular formula is C48H56ClN3O7. The van der Waals surface area contributed by atoms with Gasteiger partial charge in [0.25, 0.3) is 0 Å². The van der Waals surface area contributed by atoms with Crippen molar-refractivity contribution in [1.29, 1.82) is 0 Å². The lowest BCUT2D eigenvalue weighted by molar-refractivity contribution is -0.144. The Hall–Kier alpha value is -5.09. The smallest absolute Gasteiger partial charge is 0.329 e. The number of carboxylic acids is 2. The largest absolute Gasteiger partial charge is 0.494 e. The van der Waals surface area contributed by atoms with E-state index in [0.717, 1.165) is 49.1 Å². The summed E-state index contributed by atoms with van der Waals surface area (Å²) in [5, 5.41) is 27.0. The maximum atomic E-state index is 13.0. The minimum Gasteiger partial charge on any atom is -0.494 e. The second-order valence-corrected chi connectivity index (χ2v) is 17.5. The number of aliphatic carboxylic acids is 2. The molecule has 7 rings (SSSR count). The molecule has 4 N–H and O–H groups in total. The molecule has 11 heteroatoms. The highest BCUT2D eigenvalue weighted by atomic mass is 35.5. The van der Waals surface area contributed by atoms with Gasteiger partial charge >= 0.3 is 11.9 Å². The summed E-state index contributed by atoms with van der Waals surface area (Å²) in [6, 6.07) is 23.8. The molecule has 0 radical (unpaired) electrons. The van der Waals surface area contributed by atoms with E-state index in [1.807, 2.05) is 60.8 Å². The first kappa shape index (κ1) is 42.0. The third-order valence-corrected chi connectivity index (χ3v) is 13.2. The van der Waals surface area contributed by atoms with Crippen LogP contribution in [0, 0.1) is 11.8 Å². The van der Waals surface area contributed by atoms with E-state index in [9.17, 15) is 24.6 Å². The van der Waals surface area contributed by atoms with Gasteiger partial charge in [-0.15, -0.1) is 0 Å². The number of fused-ring (bicyclic) bond motifs is 3. The van der Waals surface area contributed by atoms with E-state index in [4.69, 9.17) is 21.1 Å². The summed E-state index contributed by atoms with van der Waals surface area (Å²) >= 11 is 6.30. The third-order valence-electron chi connectivity index (χ3n) is 13.0. The van der Waals surface area contributed by atoms with Crippen LogP contribution in [-0.4, -0.2) is 57.8 Å². The molecule has 3 aromatic carbocycles. The van der Waals surface area contributed by atoms with E-state index in [0.29, 0.717) is 61.1 Å². The number of carbonyl (C=O) groups excluding carboxylic acids is 1. The lowest BCUT2D eigenvalue weighted by atomic mass is 9.59. The number of hydrogen-bond donors (Lipinski definition) is 4. The summed E-state index contributed by atoms with van der Waals surface area (Å²) in [6.07, 6.45) is 9.97. The molecular weight excluding hydrogens is 766 g/mol. The van der Waals surface area contributed by atoms with E-state index in [2.05, 4.69) is 41.6 Å². The van der Waals surface area contributed by atoms with Crippen molar-refractivity contribution in [2.45, 2.75) is 114 Å². The fourth-order valence-electron chi connectivity index (χ4n) is 9.91. The molecule has 0 unspecified atom stereocenters. The lowest BCUT2D eigenvalue weighted by Crippen LogP contribution is -2.53. The molecule has 0 aliphatic heterocycles. The molecule has 10 nitrogen and oxygen atoms in total. The molecule has 1 fully saturated rings. The summed E-state index contributed by atoms with van der Waals surface area (Å²) in [4.78, 5) is 42.4. The molecule has 1 spiro atoms. The number of nitrogens with zero attached hydrogens (tertiary/aromatic N) is 1. The number of ether oxygens (including phenoxy) is 2. The van der Waals surface area contributed by atoms with E-state index in [1.54, 1.807) is 12.1 Å². The predicted octanol–water partition coefficient (Wildman–Crippen LogP) is 9.17. The quantitative estimate of drug-likeness (QED) is 0.0766. The van der Waals surface area contributed by atoms with Crippen molar-refractivity contribution in [3.63, 3.8) is 0 Å². The number of nitrogens with one attached hydrogen (secondary N) is 2. The van der Waals surface area contributed by atoms with Crippen molar-refractivity contribution in [1.82, 2.24) is 10.3 Å². The molecule has 1 heterocycles. The Bertz CT molecular complexity index is 2120. The lowest BCUT2D eigenvalue weighted by Gasteiger charge is -2.47. The molecule has 0 bridgehead atoms. The normalized spacial score (nSPS) is 23.0. The number of rotatable bonds is 17. The van der Waals surface area contributed by atoms with Gasteiger partial charge in [-0.1, -0.05) is 67.9 Å². The molecule has 1 saturated carbocycles. The minimum absolute atomic E-state index is 0.133. The Labute approximate surface area is 352 Å². The molecule has 1 amide bonds. The maximum Gasteiger partial charge on any atom is 0.329 e. The molecule has 3 aliphatic rings. The number of amides is 1. The minimum atomic E-state index is -1.13. The van der Waals surface area contributed by atoms with Gasteiger partial charge in [-0.3, -0.25) is 9.78 Å². The van der Waals surface area contributed by atoms with Crippen LogP contribution in [0.25, 0.3) is 0 Å². The van der Waals surface area contributed by atoms with Gasteiger partial charge in [0.1, 0.15) is 23.1 Å². The number of benzene rings is 3. The van der Waals surface area contributed by atoms with Crippen LogP contribution in [0.15, 0.2) is 85.1 Å². The second-order valence-electron chi connectivity index (χ2n) is 17.1. The van der Waals surface area contributed by atoms with Crippen molar-refractivity contribution in [3.8, 4) is 11.5 Å². The number of aryl methyl sites for hydroxylation is 1. The van der Waals surface area contributed by atoms with Crippen molar-refractivity contribution in [3.05, 3.63) is 118 Å². The van der Waals surface area contributed by atoms with Crippen LogP contribution in [0.1, 0.15) is 106 Å². The standard InChI is InChI=1S/C48H56ClN3O7/c1-31(30-59-42-18-23-50-40-14-6-9-32(2)44(40)42)25-35-27-34-16-17-38(58-24-8-15-43(53)51-41(45(54)55)26-33-10-4-3-5-11-33)29-39(34)47(35)19-21-48(22-20-47,46(56)57)52-37-13-7-12-36(49)28-37/h3-5,7,10-13,16-18,23,28-29,31-32,35,41,52H,6,8-9,14-15,19-22,24-27,30H2,1-2H3,(H,51,53)(H,54,55)(H,56,57)/t31-,32-,35+,41+,47?,48?/m1/s1. The topological polar surface area (TPSA) is 147 Å². The third kappa shape index (κ3) is 9.70. The number of aromatic nitrogens is 1. The fraction of sp³-hybridized carbons (Fsp3) is 0.458. The molecule has 59 heavy (non-hydrogen) atoms. The highest BCUT2D eigenvalue weighted by molar-refractivity contribution is 6.30. The van der Waals surface area contributed by atoms with Crippen LogP contribution >= 0.6 is 11.6 Å². The van der Waals surface area contributed by atoms with Gasteiger partial charge in [0.2, 0.25) is 5.91 Å². The number of carbonyl (C=O) groups is 3. The first-order valence-corrected chi connectivity index (χ1v) is 21.5. The zero-order valence-electron chi connectivity index (χ0n) is 34.1. The van der Waals surface area contributed by atoms with Crippen LogP contribution in [0.2, 0.25) is 5.02 Å². The van der Waals surface area contributed by atoms with Gasteiger partial charge in [0, 0.05) is 41.0 Å². The van der Waals surface area contributed by atoms with Crippen molar-refractivity contribution < 1.29 is 34.1 Å². The number of halogens is 1. The van der Waals surface area contributed by atoms with E-state index < -0.39 is 23.5 Å². The van der Waals surface area contributed by atoms with Gasteiger partial charge in [-0.2, -0.15) is 0 Å². The van der Waals surface area contributed by atoms with Crippen LogP contribution in [0.4, 0.5) is 5.69 Å². The van der Waals surface area contributed by atoms with Crippen LogP contribution in [0.3, 0.4) is 0 Å². The van der Waals surface area contributed by atoms with E-state index in [-0.39, 0.29) is 42.6 Å². The summed E-state index contributed by atoms with van der Waals surface area (Å²) in [6.45, 7) is 5.39. The number of anilines is 1. The van der Waals surface area contributed by atoms with Gasteiger partial charge in [-0.25, -0.2) is 9.59 Å². The summed E-state index contributed by atoms with van der Waals surface area (Å²) < 4.78 is 12.8. The van der Waals surface area contributed by atoms with Gasteiger partial charge < -0.3 is 30.3 Å². The van der Waals surface area contributed by atoms with Crippen LogP contribution in [0.5, 0.6) is 11.5 Å². The Kier molecular flexibility index (Phi) is 13.1. The monoisotopic (exact) mass is 821 g/mol. The molecule has 1 aromatic heterocycles. The van der Waals surface area contributed by atoms with E-state index >= 15 is 0 Å². The average Bonchev–Trinajstić information content (AvgIpc) is 3.50. The summed E-state index contributed by atoms with van der Waals surface area (Å²) in [5.74, 6) is 0.325. The SMILES string of the molecule is C[C@@H](COc1ccnc2c1[C@H](C)CCC2)C[C@H]1Cc2ccc(OCCCC(=O)N[C@@H](Cc3ccccc3)C(=O)O)cc2C12CCC(Nc1cccc(Cl)c1)(C(=O)O)CC2. The first-order valence-electron chi connectivity index (χ1n) is 21.1. The number of pyridine rings is 1. The first-order chi connectivity index (χ1) is 28.4. The maximum absolute atomic E-state index is 13.0. The Morgan fingerprint density at radius 1 is 0.966 bits per heavy atom. The molecule has 3 aliphatic carbocycles. The zero-order valence-corrected chi connectivity index (χ0v) is 34.8. The number of carboxylic acid groups (broad SMARTS) is 2. The van der Waals surface area contributed by atoms with Gasteiger partial charge in [-0.05, 0) is 140 Å². The van der Waals surface area contributed by atoms with Crippen molar-refractivity contribution >= 4 is 35.1 Å². The van der Waals surface area contributed by atoms with Crippen molar-refractivity contribution in [2.75, 3.05) is 18.5 Å². The summed E-state index contributed by atoms with van der Waals surface area (Å²) in [5.41, 5.74) is 5.02. The molecule has 0 saturated heterocycles. The van der Waals surface area contributed by atoms with Gasteiger partial charge in [0.15, 0.2) is 0 Å². The average molecular weight is 822 g/mol. The molecule has 4 aromatic rings. The molecule has 4 atom stereocenters.